The molecule has 8 rings (SSSR count). The first-order valence-corrected chi connectivity index (χ1v) is 21.2. The van der Waals surface area contributed by atoms with Gasteiger partial charge in [0.05, 0.1) is 17.7 Å². The monoisotopic (exact) mass is 822 g/mol. The first kappa shape index (κ1) is 41.3. The number of aromatic amines is 1. The molecule has 14 heteroatoms. The minimum atomic E-state index is -0.410. The van der Waals surface area contributed by atoms with Crippen molar-refractivity contribution in [3.63, 3.8) is 0 Å². The van der Waals surface area contributed by atoms with Gasteiger partial charge in [-0.15, -0.1) is 0 Å². The second kappa shape index (κ2) is 17.7. The standard InChI is InChI=1S/C47H54N10O4/c1-28-24-33(10-15-36(28)29(2)52-44(60)45-55-46(56-61-45)47(3,4)5)41-38-25-39(53-42(38)51-27-50-41)32-6-11-34(12-7-32)49-21-20-48-26-30-18-22-57(23-19-30)35-13-8-31(9-14-35)37-16-17-40(58)54-43(37)59/h6-15,24-25,27,29-30,37,48-49H,16-23,26H2,1-5H3,(H,52,60)(H,50,51,53)(H,54,58,59)/t29-,37?/m1/s1. The lowest BCUT2D eigenvalue weighted by molar-refractivity contribution is -0.134. The van der Waals surface area contributed by atoms with Gasteiger partial charge in [-0.05, 0) is 104 Å². The number of imide groups is 1. The number of carbonyl (C=O) groups is 3. The van der Waals surface area contributed by atoms with E-state index in [9.17, 15) is 14.4 Å². The van der Waals surface area contributed by atoms with Crippen molar-refractivity contribution in [3.8, 4) is 22.5 Å². The Labute approximate surface area is 355 Å². The molecular formula is C47H54N10O4. The van der Waals surface area contributed by atoms with Crippen molar-refractivity contribution in [2.45, 2.75) is 77.7 Å². The quantitative estimate of drug-likeness (QED) is 0.0586. The fourth-order valence-electron chi connectivity index (χ4n) is 8.28. The summed E-state index contributed by atoms with van der Waals surface area (Å²) in [6.07, 6.45) is 4.81. The summed E-state index contributed by atoms with van der Waals surface area (Å²) in [7, 11) is 0. The number of aryl methyl sites for hydroxylation is 1. The third-order valence-electron chi connectivity index (χ3n) is 11.8. The lowest BCUT2D eigenvalue weighted by Crippen LogP contribution is -2.39. The second-order valence-corrected chi connectivity index (χ2v) is 17.3. The first-order chi connectivity index (χ1) is 29.4. The molecule has 3 amide bonds. The first-order valence-electron chi connectivity index (χ1n) is 21.2. The van der Waals surface area contributed by atoms with Crippen LogP contribution < -0.4 is 26.2 Å². The predicted octanol–water partition coefficient (Wildman–Crippen LogP) is 7.21. The SMILES string of the molecule is Cc1cc(-c2ncnc3[nH]c(-c4ccc(NCCNCC5CCN(c6ccc(C7CCC(=O)NC7=O)cc6)CC5)cc4)cc23)ccc1[C@@H](C)NC(=O)c1nc(C(C)(C)C)no1. The topological polar surface area (TPSA) is 183 Å². The molecule has 2 fully saturated rings. The van der Waals surface area contributed by atoms with Gasteiger partial charge >= 0.3 is 11.8 Å². The van der Waals surface area contributed by atoms with Crippen LogP contribution in [0.15, 0.2) is 83.6 Å². The maximum atomic E-state index is 12.9. The molecule has 6 aromatic rings. The van der Waals surface area contributed by atoms with E-state index in [0.717, 1.165) is 101 Å². The van der Waals surface area contributed by atoms with Crippen molar-refractivity contribution < 1.29 is 18.9 Å². The van der Waals surface area contributed by atoms with Gasteiger partial charge < -0.3 is 30.4 Å². The molecule has 3 aromatic carbocycles. The van der Waals surface area contributed by atoms with Crippen LogP contribution in [-0.4, -0.2) is 75.5 Å². The van der Waals surface area contributed by atoms with Gasteiger partial charge in [-0.2, -0.15) is 4.98 Å². The second-order valence-electron chi connectivity index (χ2n) is 17.3. The van der Waals surface area contributed by atoms with E-state index in [2.05, 4.69) is 99.8 Å². The van der Waals surface area contributed by atoms with Crippen molar-refractivity contribution >= 4 is 40.1 Å². The number of benzene rings is 3. The van der Waals surface area contributed by atoms with Crippen LogP contribution in [0.4, 0.5) is 11.4 Å². The number of piperidine rings is 2. The highest BCUT2D eigenvalue weighted by Crippen LogP contribution is 2.33. The van der Waals surface area contributed by atoms with E-state index in [1.807, 2.05) is 58.9 Å². The zero-order chi connectivity index (χ0) is 42.7. The number of H-pyrrole nitrogens is 1. The molecule has 2 atom stereocenters. The predicted molar refractivity (Wildman–Crippen MR) is 236 cm³/mol. The number of hydrogen-bond acceptors (Lipinski definition) is 11. The van der Waals surface area contributed by atoms with Crippen LogP contribution in [0.2, 0.25) is 0 Å². The van der Waals surface area contributed by atoms with E-state index in [0.29, 0.717) is 24.6 Å². The molecule has 0 spiro atoms. The van der Waals surface area contributed by atoms with Gasteiger partial charge in [0.2, 0.25) is 11.8 Å². The number of aromatic nitrogens is 5. The smallest absolute Gasteiger partial charge is 0.315 e. The van der Waals surface area contributed by atoms with E-state index < -0.39 is 5.91 Å². The molecule has 0 aliphatic carbocycles. The highest BCUT2D eigenvalue weighted by Gasteiger charge is 2.29. The van der Waals surface area contributed by atoms with Crippen molar-refractivity contribution in [2.75, 3.05) is 42.9 Å². The third kappa shape index (κ3) is 9.49. The summed E-state index contributed by atoms with van der Waals surface area (Å²) < 4.78 is 5.24. The van der Waals surface area contributed by atoms with Crippen molar-refractivity contribution in [3.05, 3.63) is 108 Å². The van der Waals surface area contributed by atoms with Gasteiger partial charge in [-0.3, -0.25) is 19.7 Å². The Morgan fingerprint density at radius 3 is 2.39 bits per heavy atom. The number of nitrogens with one attached hydrogen (secondary N) is 5. The minimum absolute atomic E-state index is 0.0487. The maximum Gasteiger partial charge on any atom is 0.315 e. The Morgan fingerprint density at radius 1 is 0.934 bits per heavy atom. The van der Waals surface area contributed by atoms with Crippen molar-refractivity contribution in [1.29, 1.82) is 0 Å². The third-order valence-corrected chi connectivity index (χ3v) is 11.8. The van der Waals surface area contributed by atoms with E-state index in [1.165, 1.54) is 5.69 Å². The Bertz CT molecular complexity index is 2510. The Morgan fingerprint density at radius 2 is 1.69 bits per heavy atom. The summed E-state index contributed by atoms with van der Waals surface area (Å²) in [6.45, 7) is 14.6. The van der Waals surface area contributed by atoms with Gasteiger partial charge in [0.25, 0.3) is 0 Å². The molecule has 0 saturated carbocycles. The van der Waals surface area contributed by atoms with Gasteiger partial charge in [0, 0.05) is 66.0 Å². The Kier molecular flexibility index (Phi) is 12.0. The van der Waals surface area contributed by atoms with Crippen LogP contribution in [0.1, 0.15) is 98.5 Å². The molecular weight excluding hydrogens is 769 g/mol. The van der Waals surface area contributed by atoms with Crippen LogP contribution in [0.25, 0.3) is 33.5 Å². The average Bonchev–Trinajstić information content (AvgIpc) is 3.94. The van der Waals surface area contributed by atoms with Crippen molar-refractivity contribution in [1.82, 2.24) is 41.0 Å². The van der Waals surface area contributed by atoms with Crippen LogP contribution in [0.3, 0.4) is 0 Å². The summed E-state index contributed by atoms with van der Waals surface area (Å²) >= 11 is 0. The number of amides is 3. The molecule has 316 valence electrons. The molecule has 2 aliphatic heterocycles. The van der Waals surface area contributed by atoms with Crippen LogP contribution >= 0.6 is 0 Å². The van der Waals surface area contributed by atoms with Gasteiger partial charge in [-0.25, -0.2) is 9.97 Å². The fourth-order valence-corrected chi connectivity index (χ4v) is 8.28. The number of nitrogens with zero attached hydrogens (tertiary/aromatic N) is 5. The summed E-state index contributed by atoms with van der Waals surface area (Å²) in [5.74, 6) is 0.0467. The maximum absolute atomic E-state index is 12.9. The lowest BCUT2D eigenvalue weighted by atomic mass is 9.90. The van der Waals surface area contributed by atoms with Crippen LogP contribution in [0, 0.1) is 12.8 Å². The van der Waals surface area contributed by atoms with Gasteiger partial charge in [-0.1, -0.05) is 62.3 Å². The van der Waals surface area contributed by atoms with Gasteiger partial charge in [0.1, 0.15) is 12.0 Å². The molecule has 1 unspecified atom stereocenters. The largest absolute Gasteiger partial charge is 0.384 e. The van der Waals surface area contributed by atoms with E-state index in [4.69, 9.17) is 4.52 Å². The fraction of sp³-hybridized carbons (Fsp3) is 0.383. The minimum Gasteiger partial charge on any atom is -0.384 e. The number of anilines is 2. The average molecular weight is 823 g/mol. The normalized spacial score (nSPS) is 16.7. The molecule has 2 saturated heterocycles. The van der Waals surface area contributed by atoms with E-state index in [-0.39, 0.29) is 35.1 Å². The summed E-state index contributed by atoms with van der Waals surface area (Å²) in [4.78, 5) is 56.1. The highest BCUT2D eigenvalue weighted by molar-refractivity contribution is 6.01. The zero-order valence-corrected chi connectivity index (χ0v) is 35.5. The van der Waals surface area contributed by atoms with Gasteiger partial charge in [0.15, 0.2) is 5.82 Å². The summed E-state index contributed by atoms with van der Waals surface area (Å²) in [6, 6.07) is 24.7. The summed E-state index contributed by atoms with van der Waals surface area (Å²) in [5, 5.41) is 17.5. The van der Waals surface area contributed by atoms with Crippen LogP contribution in [0.5, 0.6) is 0 Å². The van der Waals surface area contributed by atoms with Crippen LogP contribution in [-0.2, 0) is 15.0 Å². The molecule has 5 heterocycles. The number of carbonyl (C=O) groups excluding carboxylic acids is 3. The Hall–Kier alpha value is -6.41. The molecule has 3 aromatic heterocycles. The Balaban J connectivity index is 0.796. The number of fused-ring (bicyclic) bond motifs is 1. The zero-order valence-electron chi connectivity index (χ0n) is 35.5. The molecule has 2 aliphatic rings. The number of rotatable bonds is 13. The molecule has 14 nitrogen and oxygen atoms in total. The molecule has 0 radical (unpaired) electrons. The molecule has 0 bridgehead atoms. The molecule has 5 N–H and O–H groups in total. The van der Waals surface area contributed by atoms with Crippen molar-refractivity contribution in [2.24, 2.45) is 5.92 Å². The lowest BCUT2D eigenvalue weighted by Gasteiger charge is -2.34. The van der Waals surface area contributed by atoms with E-state index in [1.54, 1.807) is 6.33 Å². The molecule has 61 heavy (non-hydrogen) atoms. The van der Waals surface area contributed by atoms with E-state index >= 15 is 0 Å². The highest BCUT2D eigenvalue weighted by atomic mass is 16.5. The summed E-state index contributed by atoms with van der Waals surface area (Å²) in [5.41, 5.74) is 9.45. The number of hydrogen-bond donors (Lipinski definition) is 5.